The van der Waals surface area contributed by atoms with Crippen LogP contribution in [-0.2, 0) is 11.2 Å². The quantitative estimate of drug-likeness (QED) is 0.909. The third kappa shape index (κ3) is 4.15. The van der Waals surface area contributed by atoms with E-state index in [4.69, 9.17) is 4.74 Å². The van der Waals surface area contributed by atoms with Crippen LogP contribution < -0.4 is 10.1 Å². The molecule has 0 fully saturated rings. The van der Waals surface area contributed by atoms with Crippen LogP contribution in [-0.4, -0.2) is 36.9 Å². The number of fused-ring (bicyclic) bond motifs is 1. The van der Waals surface area contributed by atoms with Gasteiger partial charge in [0.2, 0.25) is 5.91 Å². The lowest BCUT2D eigenvalue weighted by atomic mass is 10.00. The maximum absolute atomic E-state index is 12.8. The van der Waals surface area contributed by atoms with Gasteiger partial charge in [0, 0.05) is 24.7 Å². The fourth-order valence-corrected chi connectivity index (χ4v) is 2.67. The number of hydrogen-bond acceptors (Lipinski definition) is 3. The van der Waals surface area contributed by atoms with Crippen molar-refractivity contribution in [2.24, 2.45) is 0 Å². The smallest absolute Gasteiger partial charge is 0.253 e. The van der Waals surface area contributed by atoms with Crippen molar-refractivity contribution in [3.8, 4) is 5.75 Å². The third-order valence-corrected chi connectivity index (χ3v) is 4.10. The third-order valence-electron chi connectivity index (χ3n) is 4.10. The Balaban J connectivity index is 1.57. The molecule has 2 aromatic rings. The van der Waals surface area contributed by atoms with Crippen LogP contribution in [0.3, 0.4) is 0 Å². The zero-order valence-corrected chi connectivity index (χ0v) is 13.9. The van der Waals surface area contributed by atoms with Gasteiger partial charge in [0.15, 0.2) is 0 Å². The lowest BCUT2D eigenvalue weighted by Crippen LogP contribution is -2.31. The zero-order valence-electron chi connectivity index (χ0n) is 13.9. The number of amides is 2. The highest BCUT2D eigenvalue weighted by Gasteiger charge is 2.18. The number of halogens is 1. The molecular weight excluding hydrogens is 323 g/mol. The molecule has 0 atom stereocenters. The van der Waals surface area contributed by atoms with E-state index in [1.165, 1.54) is 12.1 Å². The summed E-state index contributed by atoms with van der Waals surface area (Å²) in [5, 5.41) is 2.80. The fraction of sp³-hybridized carbons (Fsp3) is 0.263. The second-order valence-corrected chi connectivity index (χ2v) is 5.95. The molecule has 0 saturated carbocycles. The van der Waals surface area contributed by atoms with Crippen LogP contribution in [0.15, 0.2) is 42.5 Å². The molecule has 6 heteroatoms. The van der Waals surface area contributed by atoms with E-state index in [0.29, 0.717) is 37.3 Å². The molecule has 1 aliphatic rings. The lowest BCUT2D eigenvalue weighted by molar-refractivity contribution is -0.116. The minimum Gasteiger partial charge on any atom is -0.492 e. The minimum absolute atomic E-state index is 0.00152. The van der Waals surface area contributed by atoms with Crippen molar-refractivity contribution in [3.63, 3.8) is 0 Å². The maximum Gasteiger partial charge on any atom is 0.253 e. The molecule has 1 N–H and O–H groups in total. The zero-order chi connectivity index (χ0) is 17.8. The van der Waals surface area contributed by atoms with E-state index >= 15 is 0 Å². The first kappa shape index (κ1) is 17.0. The number of aryl methyl sites for hydroxylation is 1. The maximum atomic E-state index is 12.8. The number of nitrogens with zero attached hydrogens (tertiary/aromatic N) is 1. The molecule has 0 aliphatic carbocycles. The van der Waals surface area contributed by atoms with Gasteiger partial charge in [-0.25, -0.2) is 4.39 Å². The Kier molecular flexibility index (Phi) is 4.97. The van der Waals surface area contributed by atoms with E-state index < -0.39 is 0 Å². The molecule has 0 aromatic heterocycles. The highest BCUT2D eigenvalue weighted by Crippen LogP contribution is 2.24. The van der Waals surface area contributed by atoms with E-state index in [1.54, 1.807) is 36.2 Å². The van der Waals surface area contributed by atoms with Crippen LogP contribution in [0.5, 0.6) is 5.75 Å². The Bertz CT molecular complexity index is 790. The van der Waals surface area contributed by atoms with Crippen LogP contribution in [0.4, 0.5) is 10.1 Å². The summed E-state index contributed by atoms with van der Waals surface area (Å²) >= 11 is 0. The summed E-state index contributed by atoms with van der Waals surface area (Å²) in [5.41, 5.74) is 2.33. The van der Waals surface area contributed by atoms with Gasteiger partial charge in [-0.3, -0.25) is 9.59 Å². The van der Waals surface area contributed by atoms with E-state index in [9.17, 15) is 14.0 Å². The van der Waals surface area contributed by atoms with Crippen LogP contribution >= 0.6 is 0 Å². The molecule has 130 valence electrons. The van der Waals surface area contributed by atoms with Crippen LogP contribution in [0.25, 0.3) is 0 Å². The summed E-state index contributed by atoms with van der Waals surface area (Å²) in [7, 11) is 1.71. The van der Waals surface area contributed by atoms with E-state index in [0.717, 1.165) is 11.3 Å². The molecule has 1 heterocycles. The Morgan fingerprint density at radius 1 is 1.20 bits per heavy atom. The largest absolute Gasteiger partial charge is 0.492 e. The first-order valence-electron chi connectivity index (χ1n) is 8.09. The van der Waals surface area contributed by atoms with Crippen molar-refractivity contribution in [1.82, 2.24) is 4.90 Å². The molecule has 3 rings (SSSR count). The number of anilines is 1. The molecule has 2 aromatic carbocycles. The van der Waals surface area contributed by atoms with Gasteiger partial charge in [-0.15, -0.1) is 0 Å². The molecule has 0 saturated heterocycles. The summed E-state index contributed by atoms with van der Waals surface area (Å²) in [5.74, 6) is 0.138. The topological polar surface area (TPSA) is 58.6 Å². The molecule has 1 aliphatic heterocycles. The number of carbonyl (C=O) groups is 2. The highest BCUT2D eigenvalue weighted by molar-refractivity contribution is 5.97. The highest BCUT2D eigenvalue weighted by atomic mass is 19.1. The van der Waals surface area contributed by atoms with Crippen LogP contribution in [0.1, 0.15) is 22.3 Å². The van der Waals surface area contributed by atoms with Gasteiger partial charge in [0.05, 0.1) is 6.54 Å². The van der Waals surface area contributed by atoms with Gasteiger partial charge in [-0.1, -0.05) is 0 Å². The average Bonchev–Trinajstić information content (AvgIpc) is 2.62. The fourth-order valence-electron chi connectivity index (χ4n) is 2.67. The monoisotopic (exact) mass is 342 g/mol. The normalized spacial score (nSPS) is 13.0. The summed E-state index contributed by atoms with van der Waals surface area (Å²) in [6.07, 6.45) is 1.08. The predicted octanol–water partition coefficient (Wildman–Crippen LogP) is 2.86. The summed E-state index contributed by atoms with van der Waals surface area (Å²) in [6.45, 7) is 0.721. The summed E-state index contributed by atoms with van der Waals surface area (Å²) in [6, 6.07) is 11.1. The number of benzene rings is 2. The summed E-state index contributed by atoms with van der Waals surface area (Å²) < 4.78 is 18.4. The Morgan fingerprint density at radius 3 is 2.72 bits per heavy atom. The number of ether oxygens (including phenoxy) is 1. The van der Waals surface area contributed by atoms with Gasteiger partial charge < -0.3 is 15.0 Å². The standard InChI is InChI=1S/C19H19FN2O3/c1-22(10-11-25-16-6-4-15(20)5-7-16)19(24)14-2-8-17-13(12-14)3-9-18(23)21-17/h2,4-8,12H,3,9-11H2,1H3,(H,21,23). The van der Waals surface area contributed by atoms with Crippen molar-refractivity contribution >= 4 is 17.5 Å². The minimum atomic E-state index is -0.316. The first-order valence-corrected chi connectivity index (χ1v) is 8.09. The van der Waals surface area contributed by atoms with Gasteiger partial charge in [-0.2, -0.15) is 0 Å². The van der Waals surface area contributed by atoms with E-state index in [-0.39, 0.29) is 17.6 Å². The molecule has 0 radical (unpaired) electrons. The Labute approximate surface area is 145 Å². The number of carbonyl (C=O) groups excluding carboxylic acids is 2. The van der Waals surface area contributed by atoms with Crippen molar-refractivity contribution < 1.29 is 18.7 Å². The van der Waals surface area contributed by atoms with Gasteiger partial charge in [0.1, 0.15) is 18.2 Å². The second kappa shape index (κ2) is 7.34. The SMILES string of the molecule is CN(CCOc1ccc(F)cc1)C(=O)c1ccc2c(c1)CCC(=O)N2. The van der Waals surface area contributed by atoms with Gasteiger partial charge in [-0.05, 0) is 54.4 Å². The van der Waals surface area contributed by atoms with Crippen LogP contribution in [0, 0.1) is 5.82 Å². The molecule has 25 heavy (non-hydrogen) atoms. The lowest BCUT2D eigenvalue weighted by Gasteiger charge is -2.20. The van der Waals surface area contributed by atoms with Crippen molar-refractivity contribution in [1.29, 1.82) is 0 Å². The molecular formula is C19H19FN2O3. The number of hydrogen-bond donors (Lipinski definition) is 1. The van der Waals surface area contributed by atoms with E-state index in [2.05, 4.69) is 5.32 Å². The van der Waals surface area contributed by atoms with Crippen molar-refractivity contribution in [3.05, 3.63) is 59.4 Å². The number of likely N-dealkylation sites (N-methyl/N-ethyl adjacent to an activating group) is 1. The van der Waals surface area contributed by atoms with Crippen molar-refractivity contribution in [2.45, 2.75) is 12.8 Å². The number of rotatable bonds is 5. The molecule has 0 spiro atoms. The first-order chi connectivity index (χ1) is 12.0. The Morgan fingerprint density at radius 2 is 1.96 bits per heavy atom. The second-order valence-electron chi connectivity index (χ2n) is 5.95. The average molecular weight is 342 g/mol. The molecule has 5 nitrogen and oxygen atoms in total. The van der Waals surface area contributed by atoms with Crippen LogP contribution in [0.2, 0.25) is 0 Å². The van der Waals surface area contributed by atoms with Gasteiger partial charge in [0.25, 0.3) is 5.91 Å². The Hall–Kier alpha value is -2.89. The summed E-state index contributed by atoms with van der Waals surface area (Å²) in [4.78, 5) is 25.5. The van der Waals surface area contributed by atoms with E-state index in [1.807, 2.05) is 6.07 Å². The van der Waals surface area contributed by atoms with Crippen molar-refractivity contribution in [2.75, 3.05) is 25.5 Å². The molecule has 0 unspecified atom stereocenters. The molecule has 0 bridgehead atoms. The van der Waals surface area contributed by atoms with Gasteiger partial charge >= 0.3 is 0 Å². The molecule has 2 amide bonds. The number of nitrogens with one attached hydrogen (secondary N) is 1. The predicted molar refractivity (Wildman–Crippen MR) is 92.2 cm³/mol.